The smallest absolute Gasteiger partial charge is 0.303 e. The van der Waals surface area contributed by atoms with E-state index >= 15 is 0 Å². The van der Waals surface area contributed by atoms with Crippen LogP contribution in [0.4, 0.5) is 0 Å². The number of hydrogen-bond acceptors (Lipinski definition) is 6. The van der Waals surface area contributed by atoms with Gasteiger partial charge in [-0.15, -0.1) is 0 Å². The zero-order chi connectivity index (χ0) is 21.2. The van der Waals surface area contributed by atoms with Gasteiger partial charge in [0.2, 0.25) is 17.7 Å². The van der Waals surface area contributed by atoms with Gasteiger partial charge < -0.3 is 26.0 Å². The lowest BCUT2D eigenvalue weighted by Gasteiger charge is -2.17. The number of carbonyl (C=O) groups is 4. The summed E-state index contributed by atoms with van der Waals surface area (Å²) < 4.78 is 5.23. The maximum atomic E-state index is 12.2. The first-order chi connectivity index (χ1) is 13.8. The number of nitrogens with one attached hydrogen (secondary N) is 2. The van der Waals surface area contributed by atoms with Gasteiger partial charge in [-0.05, 0) is 6.42 Å². The minimum Gasteiger partial charge on any atom is -0.481 e. The van der Waals surface area contributed by atoms with E-state index in [0.29, 0.717) is 11.5 Å². The molecule has 0 fully saturated rings. The van der Waals surface area contributed by atoms with Crippen molar-refractivity contribution in [3.8, 4) is 11.3 Å². The molecule has 5 N–H and O–H groups in total. The molecule has 29 heavy (non-hydrogen) atoms. The molecule has 0 aliphatic carbocycles. The molecule has 0 spiro atoms. The third-order valence-electron chi connectivity index (χ3n) is 3.96. The van der Waals surface area contributed by atoms with E-state index in [-0.39, 0.29) is 25.7 Å². The highest BCUT2D eigenvalue weighted by Crippen LogP contribution is 2.19. The van der Waals surface area contributed by atoms with Crippen molar-refractivity contribution in [3.05, 3.63) is 42.2 Å². The van der Waals surface area contributed by atoms with Crippen LogP contribution in [0.5, 0.6) is 0 Å². The molecule has 2 rings (SSSR count). The molecule has 1 atom stereocenters. The molecule has 0 saturated carbocycles. The Morgan fingerprint density at radius 2 is 1.86 bits per heavy atom. The lowest BCUT2D eigenvalue weighted by molar-refractivity contribution is -0.138. The molecule has 0 aliphatic rings. The highest BCUT2D eigenvalue weighted by molar-refractivity contribution is 5.90. The van der Waals surface area contributed by atoms with Gasteiger partial charge in [0, 0.05) is 30.9 Å². The second-order valence-corrected chi connectivity index (χ2v) is 6.28. The largest absolute Gasteiger partial charge is 0.481 e. The number of carboxylic acid groups (broad SMARTS) is 1. The number of aromatic nitrogens is 1. The SMILES string of the molecule is NC(=O)CNC(=O)[C@H](CCC(=O)O)NC(=O)CCc1cc(-c2ccccc2)no1. The van der Waals surface area contributed by atoms with Gasteiger partial charge in [0.15, 0.2) is 0 Å². The van der Waals surface area contributed by atoms with Crippen LogP contribution in [0.3, 0.4) is 0 Å². The van der Waals surface area contributed by atoms with E-state index in [4.69, 9.17) is 15.4 Å². The Bertz CT molecular complexity index is 865. The standard InChI is InChI=1S/C19H22N4O6/c20-16(24)11-21-19(28)14(7-9-18(26)27)22-17(25)8-6-13-10-15(23-29-13)12-4-2-1-3-5-12/h1-5,10,14H,6-9,11H2,(H2,20,24)(H,21,28)(H,22,25)(H,26,27)/t14-/m0/s1. The Labute approximate surface area is 166 Å². The summed E-state index contributed by atoms with van der Waals surface area (Å²) in [6.45, 7) is -0.404. The van der Waals surface area contributed by atoms with Crippen molar-refractivity contribution in [1.29, 1.82) is 0 Å². The first kappa shape index (κ1) is 21.6. The first-order valence-corrected chi connectivity index (χ1v) is 8.93. The summed E-state index contributed by atoms with van der Waals surface area (Å²) in [5.74, 6) is -2.50. The van der Waals surface area contributed by atoms with Crippen LogP contribution in [0, 0.1) is 0 Å². The lowest BCUT2D eigenvalue weighted by Crippen LogP contribution is -2.48. The topological polar surface area (TPSA) is 165 Å². The van der Waals surface area contributed by atoms with Crippen LogP contribution in [0.2, 0.25) is 0 Å². The molecule has 1 heterocycles. The van der Waals surface area contributed by atoms with Crippen molar-refractivity contribution in [3.63, 3.8) is 0 Å². The third kappa shape index (κ3) is 7.45. The average molecular weight is 402 g/mol. The van der Waals surface area contributed by atoms with E-state index in [1.54, 1.807) is 6.07 Å². The summed E-state index contributed by atoms with van der Waals surface area (Å²) in [7, 11) is 0. The second kappa shape index (κ2) is 10.6. The zero-order valence-corrected chi connectivity index (χ0v) is 15.6. The van der Waals surface area contributed by atoms with Crippen molar-refractivity contribution >= 4 is 23.7 Å². The summed E-state index contributed by atoms with van der Waals surface area (Å²) in [6, 6.07) is 10.0. The predicted octanol–water partition coefficient (Wildman–Crippen LogP) is 0.225. The Kier molecular flexibility index (Phi) is 7.89. The highest BCUT2D eigenvalue weighted by atomic mass is 16.5. The van der Waals surface area contributed by atoms with Gasteiger partial charge in [-0.25, -0.2) is 0 Å². The molecule has 3 amide bonds. The molecule has 0 bridgehead atoms. The molecule has 0 saturated heterocycles. The number of aryl methyl sites for hydroxylation is 1. The summed E-state index contributed by atoms with van der Waals surface area (Å²) >= 11 is 0. The Morgan fingerprint density at radius 3 is 2.52 bits per heavy atom. The van der Waals surface area contributed by atoms with Crippen molar-refractivity contribution in [2.24, 2.45) is 5.73 Å². The highest BCUT2D eigenvalue weighted by Gasteiger charge is 2.22. The molecular weight excluding hydrogens is 380 g/mol. The fraction of sp³-hybridized carbons (Fsp3) is 0.316. The monoisotopic (exact) mass is 402 g/mol. The molecule has 0 radical (unpaired) electrons. The number of amides is 3. The Balaban J connectivity index is 1.90. The van der Waals surface area contributed by atoms with Gasteiger partial charge in [0.1, 0.15) is 17.5 Å². The number of carboxylic acids is 1. The number of rotatable bonds is 11. The molecule has 0 unspecified atom stereocenters. The van der Waals surface area contributed by atoms with Crippen LogP contribution < -0.4 is 16.4 Å². The quantitative estimate of drug-likeness (QED) is 0.417. The molecule has 154 valence electrons. The van der Waals surface area contributed by atoms with Crippen molar-refractivity contribution < 1.29 is 28.8 Å². The summed E-state index contributed by atoms with van der Waals surface area (Å²) in [5, 5.41) is 17.5. The number of nitrogens with zero attached hydrogens (tertiary/aromatic N) is 1. The molecule has 1 aromatic heterocycles. The molecule has 10 nitrogen and oxygen atoms in total. The predicted molar refractivity (Wildman–Crippen MR) is 101 cm³/mol. The van der Waals surface area contributed by atoms with E-state index in [1.165, 1.54) is 0 Å². The van der Waals surface area contributed by atoms with Gasteiger partial charge in [0.25, 0.3) is 0 Å². The molecule has 1 aromatic carbocycles. The summed E-state index contributed by atoms with van der Waals surface area (Å²) in [5.41, 5.74) is 6.49. The van der Waals surface area contributed by atoms with Gasteiger partial charge in [0.05, 0.1) is 6.54 Å². The molecule has 10 heteroatoms. The van der Waals surface area contributed by atoms with E-state index in [0.717, 1.165) is 5.56 Å². The molecule has 0 aliphatic heterocycles. The molecular formula is C19H22N4O6. The van der Waals surface area contributed by atoms with Crippen molar-refractivity contribution in [2.75, 3.05) is 6.54 Å². The van der Waals surface area contributed by atoms with E-state index in [2.05, 4.69) is 15.8 Å². The van der Waals surface area contributed by atoms with E-state index in [9.17, 15) is 19.2 Å². The number of nitrogens with two attached hydrogens (primary N) is 1. The van der Waals surface area contributed by atoms with E-state index < -0.39 is 36.3 Å². The van der Waals surface area contributed by atoms with Gasteiger partial charge in [-0.2, -0.15) is 0 Å². The van der Waals surface area contributed by atoms with Gasteiger partial charge >= 0.3 is 5.97 Å². The zero-order valence-electron chi connectivity index (χ0n) is 15.6. The third-order valence-corrected chi connectivity index (χ3v) is 3.96. The fourth-order valence-corrected chi connectivity index (χ4v) is 2.51. The maximum Gasteiger partial charge on any atom is 0.303 e. The van der Waals surface area contributed by atoms with Gasteiger partial charge in [-0.3, -0.25) is 19.2 Å². The fourth-order valence-electron chi connectivity index (χ4n) is 2.51. The maximum absolute atomic E-state index is 12.2. The van der Waals surface area contributed by atoms with Gasteiger partial charge in [-0.1, -0.05) is 35.5 Å². The number of aliphatic carboxylic acids is 1. The molecule has 2 aromatic rings. The second-order valence-electron chi connectivity index (χ2n) is 6.28. The first-order valence-electron chi connectivity index (χ1n) is 8.93. The Hall–Kier alpha value is -3.69. The lowest BCUT2D eigenvalue weighted by atomic mass is 10.1. The van der Waals surface area contributed by atoms with Crippen LogP contribution in [0.25, 0.3) is 11.3 Å². The normalized spacial score (nSPS) is 11.4. The number of carbonyl (C=O) groups excluding carboxylic acids is 3. The Morgan fingerprint density at radius 1 is 1.14 bits per heavy atom. The van der Waals surface area contributed by atoms with Crippen LogP contribution in [-0.4, -0.2) is 46.5 Å². The van der Waals surface area contributed by atoms with Crippen molar-refractivity contribution in [1.82, 2.24) is 15.8 Å². The van der Waals surface area contributed by atoms with Crippen LogP contribution in [0.1, 0.15) is 25.0 Å². The summed E-state index contributed by atoms with van der Waals surface area (Å²) in [6.07, 6.45) is -0.181. The number of benzene rings is 1. The number of primary amides is 1. The van der Waals surface area contributed by atoms with Crippen LogP contribution in [-0.2, 0) is 25.6 Å². The van der Waals surface area contributed by atoms with E-state index in [1.807, 2.05) is 30.3 Å². The minimum atomic E-state index is -1.11. The average Bonchev–Trinajstić information content (AvgIpc) is 3.17. The van der Waals surface area contributed by atoms with Crippen molar-refractivity contribution in [2.45, 2.75) is 31.7 Å². The van der Waals surface area contributed by atoms with Crippen LogP contribution in [0.15, 0.2) is 40.9 Å². The van der Waals surface area contributed by atoms with Crippen LogP contribution >= 0.6 is 0 Å². The number of hydrogen-bond donors (Lipinski definition) is 4. The minimum absolute atomic E-state index is 0.0100. The summed E-state index contributed by atoms with van der Waals surface area (Å²) in [4.78, 5) is 45.8.